The molecule has 2 heterocycles. The topological polar surface area (TPSA) is 38.8 Å². The molecule has 2 aromatic carbocycles. The van der Waals surface area contributed by atoms with Crippen LogP contribution >= 0.6 is 0 Å². The summed E-state index contributed by atoms with van der Waals surface area (Å²) in [5.41, 5.74) is 6.08. The normalized spacial score (nSPS) is 23.8. The summed E-state index contributed by atoms with van der Waals surface area (Å²) in [7, 11) is 0. The van der Waals surface area contributed by atoms with Gasteiger partial charge >= 0.3 is 0 Å². The standard InChI is InChI=1S/C26H25N3O/c1-25(2)20-14-15-26(25,3)23-19(20)16-28-24(30)21(17-10-6-4-7-11-17)22(29(28)27-23)18-12-8-5-9-13-18/h4-13,16,20H,14-15H2,1-3H3/t20-,26+/m1/s1. The van der Waals surface area contributed by atoms with Crippen LogP contribution in [0.1, 0.15) is 50.8 Å². The number of rotatable bonds is 2. The molecular weight excluding hydrogens is 370 g/mol. The maximum Gasteiger partial charge on any atom is 0.281 e. The van der Waals surface area contributed by atoms with Crippen LogP contribution in [0.4, 0.5) is 0 Å². The zero-order valence-electron chi connectivity index (χ0n) is 17.6. The van der Waals surface area contributed by atoms with Gasteiger partial charge < -0.3 is 0 Å². The molecule has 6 rings (SSSR count). The fourth-order valence-electron chi connectivity index (χ4n) is 5.94. The van der Waals surface area contributed by atoms with Crippen molar-refractivity contribution in [3.05, 3.63) is 88.5 Å². The monoisotopic (exact) mass is 395 g/mol. The number of nitrogens with zero attached hydrogens (tertiary/aromatic N) is 3. The Bertz CT molecular complexity index is 1350. The summed E-state index contributed by atoms with van der Waals surface area (Å²) in [4.78, 5) is 13.7. The van der Waals surface area contributed by atoms with E-state index in [1.54, 1.807) is 4.52 Å². The van der Waals surface area contributed by atoms with E-state index in [1.807, 2.05) is 53.2 Å². The van der Waals surface area contributed by atoms with Crippen molar-refractivity contribution in [2.75, 3.05) is 0 Å². The SMILES string of the molecule is CC1(C)[C@@H]2CC[C@@]1(C)c1nn3c(-c4ccccc4)c(-c4ccccc4)c(=O)n3cc12. The van der Waals surface area contributed by atoms with E-state index >= 15 is 0 Å². The van der Waals surface area contributed by atoms with Gasteiger partial charge in [0, 0.05) is 17.2 Å². The van der Waals surface area contributed by atoms with Gasteiger partial charge in [0.1, 0.15) is 5.69 Å². The Kier molecular flexibility index (Phi) is 3.37. The fraction of sp³-hybridized carbons (Fsp3) is 0.308. The third-order valence-corrected chi connectivity index (χ3v) is 8.03. The van der Waals surface area contributed by atoms with Crippen LogP contribution in [-0.2, 0) is 5.41 Å². The van der Waals surface area contributed by atoms with Crippen LogP contribution in [0.25, 0.3) is 22.4 Å². The van der Waals surface area contributed by atoms with Gasteiger partial charge in [-0.05, 0) is 35.3 Å². The van der Waals surface area contributed by atoms with Crippen molar-refractivity contribution >= 4 is 0 Å². The van der Waals surface area contributed by atoms with Crippen LogP contribution in [0.3, 0.4) is 0 Å². The molecule has 2 aliphatic carbocycles. The molecule has 4 nitrogen and oxygen atoms in total. The second-order valence-corrected chi connectivity index (χ2v) is 9.57. The van der Waals surface area contributed by atoms with E-state index in [0.717, 1.165) is 28.9 Å². The van der Waals surface area contributed by atoms with Crippen molar-refractivity contribution in [3.63, 3.8) is 0 Å². The lowest BCUT2D eigenvalue weighted by atomic mass is 9.70. The summed E-state index contributed by atoms with van der Waals surface area (Å²) in [6.07, 6.45) is 4.39. The molecule has 4 heteroatoms. The van der Waals surface area contributed by atoms with E-state index in [9.17, 15) is 4.79 Å². The maximum atomic E-state index is 13.7. The van der Waals surface area contributed by atoms with Crippen LogP contribution < -0.4 is 5.56 Å². The number of aromatic nitrogens is 3. The Balaban J connectivity index is 1.74. The van der Waals surface area contributed by atoms with Gasteiger partial charge in [0.15, 0.2) is 0 Å². The molecule has 0 spiro atoms. The fourth-order valence-corrected chi connectivity index (χ4v) is 5.94. The molecule has 4 aromatic rings. The number of fused-ring (bicyclic) bond motifs is 6. The second-order valence-electron chi connectivity index (χ2n) is 9.57. The summed E-state index contributed by atoms with van der Waals surface area (Å²) in [5, 5.41) is 5.17. The molecule has 2 bridgehead atoms. The molecule has 0 amide bonds. The first-order valence-corrected chi connectivity index (χ1v) is 10.7. The summed E-state index contributed by atoms with van der Waals surface area (Å²) in [5.74, 6) is 0.456. The summed E-state index contributed by atoms with van der Waals surface area (Å²) < 4.78 is 3.57. The third-order valence-electron chi connectivity index (χ3n) is 8.03. The van der Waals surface area contributed by atoms with E-state index in [4.69, 9.17) is 5.10 Å². The molecule has 1 fully saturated rings. The zero-order valence-corrected chi connectivity index (χ0v) is 17.6. The summed E-state index contributed by atoms with van der Waals surface area (Å²) in [6, 6.07) is 20.1. The van der Waals surface area contributed by atoms with Gasteiger partial charge in [0.05, 0.1) is 11.3 Å². The van der Waals surface area contributed by atoms with E-state index < -0.39 is 0 Å². The van der Waals surface area contributed by atoms with E-state index in [2.05, 4.69) is 39.1 Å². The first-order valence-electron chi connectivity index (χ1n) is 10.7. The summed E-state index contributed by atoms with van der Waals surface area (Å²) >= 11 is 0. The van der Waals surface area contributed by atoms with Gasteiger partial charge in [-0.3, -0.25) is 4.79 Å². The van der Waals surface area contributed by atoms with Gasteiger partial charge in [-0.2, -0.15) is 9.73 Å². The minimum atomic E-state index is -0.0129. The van der Waals surface area contributed by atoms with Gasteiger partial charge in [-0.15, -0.1) is 0 Å². The van der Waals surface area contributed by atoms with Crippen LogP contribution in [-0.4, -0.2) is 14.2 Å². The van der Waals surface area contributed by atoms with Gasteiger partial charge in [0.25, 0.3) is 5.56 Å². The van der Waals surface area contributed by atoms with E-state index in [0.29, 0.717) is 11.5 Å². The van der Waals surface area contributed by atoms with Crippen molar-refractivity contribution in [1.82, 2.24) is 14.2 Å². The lowest BCUT2D eigenvalue weighted by Gasteiger charge is -2.34. The molecule has 2 aromatic heterocycles. The Morgan fingerprint density at radius 2 is 1.57 bits per heavy atom. The first-order chi connectivity index (χ1) is 14.4. The average Bonchev–Trinajstić information content (AvgIpc) is 3.24. The van der Waals surface area contributed by atoms with Crippen LogP contribution in [0, 0.1) is 5.41 Å². The molecule has 0 N–H and O–H groups in total. The minimum absolute atomic E-state index is 0.0129. The molecule has 2 aliphatic rings. The Morgan fingerprint density at radius 3 is 2.23 bits per heavy atom. The smallest absolute Gasteiger partial charge is 0.267 e. The molecule has 0 aliphatic heterocycles. The molecule has 30 heavy (non-hydrogen) atoms. The molecule has 0 saturated heterocycles. The summed E-state index contributed by atoms with van der Waals surface area (Å²) in [6.45, 7) is 7.07. The van der Waals surface area contributed by atoms with Gasteiger partial charge in [0.2, 0.25) is 0 Å². The average molecular weight is 396 g/mol. The van der Waals surface area contributed by atoms with Crippen molar-refractivity contribution in [2.24, 2.45) is 5.41 Å². The quantitative estimate of drug-likeness (QED) is 0.462. The maximum absolute atomic E-state index is 13.7. The van der Waals surface area contributed by atoms with E-state index in [-0.39, 0.29) is 16.4 Å². The molecule has 0 unspecified atom stereocenters. The number of benzene rings is 2. The van der Waals surface area contributed by atoms with Crippen LogP contribution in [0.5, 0.6) is 0 Å². The van der Waals surface area contributed by atoms with Crippen molar-refractivity contribution in [2.45, 2.75) is 44.9 Å². The molecule has 1 saturated carbocycles. The first kappa shape index (κ1) is 17.7. The largest absolute Gasteiger partial charge is 0.281 e. The molecular formula is C26H25N3O. The van der Waals surface area contributed by atoms with Crippen LogP contribution in [0.15, 0.2) is 71.7 Å². The highest BCUT2D eigenvalue weighted by Crippen LogP contribution is 2.66. The van der Waals surface area contributed by atoms with Crippen molar-refractivity contribution in [1.29, 1.82) is 0 Å². The van der Waals surface area contributed by atoms with Gasteiger partial charge in [-0.25, -0.2) is 4.52 Å². The second kappa shape index (κ2) is 5.72. The molecule has 2 atom stereocenters. The Labute approximate surface area is 175 Å². The predicted octanol–water partition coefficient (Wildman–Crippen LogP) is 5.30. The van der Waals surface area contributed by atoms with Crippen molar-refractivity contribution < 1.29 is 0 Å². The highest BCUT2D eigenvalue weighted by molar-refractivity contribution is 5.80. The zero-order chi connectivity index (χ0) is 20.7. The lowest BCUT2D eigenvalue weighted by Crippen LogP contribution is -2.32. The van der Waals surface area contributed by atoms with Crippen LogP contribution in [0.2, 0.25) is 0 Å². The molecule has 0 radical (unpaired) electrons. The third kappa shape index (κ3) is 2.01. The highest BCUT2D eigenvalue weighted by Gasteiger charge is 2.61. The Hall–Kier alpha value is -3.14. The number of hydrogen-bond acceptors (Lipinski definition) is 2. The predicted molar refractivity (Wildman–Crippen MR) is 119 cm³/mol. The van der Waals surface area contributed by atoms with E-state index in [1.165, 1.54) is 12.0 Å². The lowest BCUT2D eigenvalue weighted by molar-refractivity contribution is 0.226. The minimum Gasteiger partial charge on any atom is -0.267 e. The highest BCUT2D eigenvalue weighted by atomic mass is 16.1. The number of hydrogen-bond donors (Lipinski definition) is 0. The Morgan fingerprint density at radius 1 is 0.933 bits per heavy atom. The van der Waals surface area contributed by atoms with Crippen molar-refractivity contribution in [3.8, 4) is 22.4 Å². The van der Waals surface area contributed by atoms with Gasteiger partial charge in [-0.1, -0.05) is 81.4 Å². The molecule has 150 valence electrons.